The molecule has 0 radical (unpaired) electrons. The Kier molecular flexibility index (Phi) is 3.94. The van der Waals surface area contributed by atoms with Crippen molar-refractivity contribution in [3.05, 3.63) is 47.5 Å². The minimum atomic E-state index is -0.158. The van der Waals surface area contributed by atoms with Gasteiger partial charge in [0.1, 0.15) is 5.82 Å². The predicted molar refractivity (Wildman–Crippen MR) is 67.4 cm³/mol. The van der Waals surface area contributed by atoms with Crippen LogP contribution in [0.2, 0.25) is 0 Å². The van der Waals surface area contributed by atoms with Gasteiger partial charge in [0, 0.05) is 12.6 Å². The molecule has 5 heteroatoms. The molecule has 0 aliphatic carbocycles. The first kappa shape index (κ1) is 12.6. The lowest BCUT2D eigenvalue weighted by Gasteiger charge is -2.14. The van der Waals surface area contributed by atoms with Gasteiger partial charge in [-0.2, -0.15) is 0 Å². The molecule has 1 heterocycles. The van der Waals surface area contributed by atoms with Crippen molar-refractivity contribution in [1.82, 2.24) is 10.1 Å². The summed E-state index contributed by atoms with van der Waals surface area (Å²) in [6.45, 7) is 1.35. The first-order chi connectivity index (χ1) is 8.65. The van der Waals surface area contributed by atoms with Crippen LogP contribution in [0.4, 0.5) is 10.2 Å². The zero-order valence-electron chi connectivity index (χ0n) is 10.3. The second-order valence-corrected chi connectivity index (χ2v) is 4.30. The predicted octanol–water partition coefficient (Wildman–Crippen LogP) is 2.07. The van der Waals surface area contributed by atoms with Crippen molar-refractivity contribution in [2.45, 2.75) is 13.0 Å². The Balaban J connectivity index is 1.85. The Hall–Kier alpha value is -1.88. The van der Waals surface area contributed by atoms with E-state index in [1.54, 1.807) is 18.2 Å². The van der Waals surface area contributed by atoms with Crippen LogP contribution in [0.3, 0.4) is 0 Å². The number of nitrogens with two attached hydrogens (primary N) is 1. The highest BCUT2D eigenvalue weighted by atomic mass is 19.1. The molecule has 2 N–H and O–H groups in total. The monoisotopic (exact) mass is 249 g/mol. The van der Waals surface area contributed by atoms with Crippen molar-refractivity contribution in [2.75, 3.05) is 19.3 Å². The van der Waals surface area contributed by atoms with Gasteiger partial charge in [0.05, 0.1) is 6.54 Å². The SMILES string of the molecule is CN(CCc1ccccc1F)Cc1cc(N)no1. The van der Waals surface area contributed by atoms with E-state index in [-0.39, 0.29) is 5.82 Å². The molecule has 0 atom stereocenters. The maximum absolute atomic E-state index is 13.4. The van der Waals surface area contributed by atoms with Crippen LogP contribution in [0.15, 0.2) is 34.9 Å². The second-order valence-electron chi connectivity index (χ2n) is 4.30. The van der Waals surface area contributed by atoms with Crippen LogP contribution in [-0.2, 0) is 13.0 Å². The molecule has 0 amide bonds. The van der Waals surface area contributed by atoms with Gasteiger partial charge in [0.2, 0.25) is 0 Å². The number of rotatable bonds is 5. The van der Waals surface area contributed by atoms with Crippen LogP contribution < -0.4 is 5.73 Å². The minimum Gasteiger partial charge on any atom is -0.381 e. The summed E-state index contributed by atoms with van der Waals surface area (Å²) in [7, 11) is 1.94. The summed E-state index contributed by atoms with van der Waals surface area (Å²) in [6, 6.07) is 8.51. The first-order valence-electron chi connectivity index (χ1n) is 5.78. The van der Waals surface area contributed by atoms with Crippen LogP contribution in [-0.4, -0.2) is 23.6 Å². The Morgan fingerprint density at radius 3 is 2.83 bits per heavy atom. The maximum Gasteiger partial charge on any atom is 0.167 e. The molecule has 0 aliphatic heterocycles. The number of aromatic nitrogens is 1. The fraction of sp³-hybridized carbons (Fsp3) is 0.308. The summed E-state index contributed by atoms with van der Waals surface area (Å²) in [6.07, 6.45) is 0.660. The van der Waals surface area contributed by atoms with Crippen LogP contribution in [0.1, 0.15) is 11.3 Å². The Labute approximate surface area is 105 Å². The summed E-state index contributed by atoms with van der Waals surface area (Å²) in [5, 5.41) is 3.62. The highest BCUT2D eigenvalue weighted by Gasteiger charge is 2.07. The zero-order valence-corrected chi connectivity index (χ0v) is 10.3. The zero-order chi connectivity index (χ0) is 13.0. The van der Waals surface area contributed by atoms with Crippen LogP contribution in [0.5, 0.6) is 0 Å². The van der Waals surface area contributed by atoms with Gasteiger partial charge in [0.15, 0.2) is 11.6 Å². The van der Waals surface area contributed by atoms with Gasteiger partial charge in [0.25, 0.3) is 0 Å². The molecule has 18 heavy (non-hydrogen) atoms. The summed E-state index contributed by atoms with van der Waals surface area (Å²) < 4.78 is 18.4. The summed E-state index contributed by atoms with van der Waals surface area (Å²) in [5.74, 6) is 0.936. The molecule has 0 aliphatic rings. The van der Waals surface area contributed by atoms with E-state index in [2.05, 4.69) is 5.16 Å². The topological polar surface area (TPSA) is 55.3 Å². The molecule has 0 bridgehead atoms. The van der Waals surface area contributed by atoms with Crippen molar-refractivity contribution in [1.29, 1.82) is 0 Å². The third-order valence-electron chi connectivity index (χ3n) is 2.72. The van der Waals surface area contributed by atoms with Gasteiger partial charge in [-0.3, -0.25) is 4.90 Å². The molecule has 2 rings (SSSR count). The molecule has 1 aromatic carbocycles. The van der Waals surface area contributed by atoms with Gasteiger partial charge < -0.3 is 10.3 Å². The fourth-order valence-electron chi connectivity index (χ4n) is 1.76. The number of hydrogen-bond donors (Lipinski definition) is 1. The molecule has 0 spiro atoms. The van der Waals surface area contributed by atoms with Crippen molar-refractivity contribution in [3.63, 3.8) is 0 Å². The van der Waals surface area contributed by atoms with E-state index in [4.69, 9.17) is 10.3 Å². The quantitative estimate of drug-likeness (QED) is 0.881. The molecular formula is C13H16FN3O. The van der Waals surface area contributed by atoms with Crippen molar-refractivity contribution in [3.8, 4) is 0 Å². The number of nitrogen functional groups attached to an aromatic ring is 1. The highest BCUT2D eigenvalue weighted by molar-refractivity contribution is 5.26. The molecule has 0 fully saturated rings. The third-order valence-corrected chi connectivity index (χ3v) is 2.72. The fourth-order valence-corrected chi connectivity index (χ4v) is 1.76. The Morgan fingerprint density at radius 1 is 1.39 bits per heavy atom. The summed E-state index contributed by atoms with van der Waals surface area (Å²) in [4.78, 5) is 2.03. The minimum absolute atomic E-state index is 0.158. The maximum atomic E-state index is 13.4. The highest BCUT2D eigenvalue weighted by Crippen LogP contribution is 2.10. The average molecular weight is 249 g/mol. The Morgan fingerprint density at radius 2 is 2.17 bits per heavy atom. The van der Waals surface area contributed by atoms with E-state index in [1.165, 1.54) is 6.07 Å². The van der Waals surface area contributed by atoms with Crippen molar-refractivity contribution < 1.29 is 8.91 Å². The largest absolute Gasteiger partial charge is 0.381 e. The van der Waals surface area contributed by atoms with Gasteiger partial charge in [-0.25, -0.2) is 4.39 Å². The number of nitrogens with zero attached hydrogens (tertiary/aromatic N) is 2. The van der Waals surface area contributed by atoms with E-state index >= 15 is 0 Å². The lowest BCUT2D eigenvalue weighted by Crippen LogP contribution is -2.20. The number of benzene rings is 1. The molecule has 2 aromatic rings. The Bertz CT molecular complexity index is 512. The normalized spacial score (nSPS) is 11.1. The molecule has 0 saturated heterocycles. The third kappa shape index (κ3) is 3.30. The van der Waals surface area contributed by atoms with Crippen molar-refractivity contribution in [2.24, 2.45) is 0 Å². The van der Waals surface area contributed by atoms with E-state index in [9.17, 15) is 4.39 Å². The van der Waals surface area contributed by atoms with Gasteiger partial charge in [-0.15, -0.1) is 0 Å². The average Bonchev–Trinajstić information content (AvgIpc) is 2.74. The van der Waals surface area contributed by atoms with Gasteiger partial charge in [-0.1, -0.05) is 23.4 Å². The number of likely N-dealkylation sites (N-methyl/N-ethyl adjacent to an activating group) is 1. The van der Waals surface area contributed by atoms with Gasteiger partial charge >= 0.3 is 0 Å². The first-order valence-corrected chi connectivity index (χ1v) is 5.78. The van der Waals surface area contributed by atoms with Crippen molar-refractivity contribution >= 4 is 5.82 Å². The molecule has 96 valence electrons. The van der Waals surface area contributed by atoms with Gasteiger partial charge in [-0.05, 0) is 25.1 Å². The van der Waals surface area contributed by atoms with Crippen LogP contribution >= 0.6 is 0 Å². The number of halogens is 1. The number of anilines is 1. The lowest BCUT2D eigenvalue weighted by atomic mass is 10.1. The van der Waals surface area contributed by atoms with Crippen LogP contribution in [0, 0.1) is 5.82 Å². The molecule has 4 nitrogen and oxygen atoms in total. The molecule has 1 aromatic heterocycles. The van der Waals surface area contributed by atoms with Crippen LogP contribution in [0.25, 0.3) is 0 Å². The molecular weight excluding hydrogens is 233 g/mol. The lowest BCUT2D eigenvalue weighted by molar-refractivity contribution is 0.275. The summed E-state index contributed by atoms with van der Waals surface area (Å²) in [5.41, 5.74) is 6.19. The standard InChI is InChI=1S/C13H16FN3O/c1-17(9-11-8-13(15)16-18-11)7-6-10-4-2-3-5-12(10)14/h2-5,8H,6-7,9H2,1H3,(H2,15,16). The summed E-state index contributed by atoms with van der Waals surface area (Å²) >= 11 is 0. The van der Waals surface area contributed by atoms with E-state index < -0.39 is 0 Å². The van der Waals surface area contributed by atoms with E-state index in [1.807, 2.05) is 18.0 Å². The second kappa shape index (κ2) is 5.64. The number of hydrogen-bond acceptors (Lipinski definition) is 4. The van der Waals surface area contributed by atoms with E-state index in [0.29, 0.717) is 24.5 Å². The molecule has 0 unspecified atom stereocenters. The molecule has 0 saturated carbocycles. The van der Waals surface area contributed by atoms with E-state index in [0.717, 1.165) is 12.1 Å². The smallest absolute Gasteiger partial charge is 0.167 e.